The minimum atomic E-state index is -0.113. The van der Waals surface area contributed by atoms with Gasteiger partial charge in [0.1, 0.15) is 5.82 Å². The summed E-state index contributed by atoms with van der Waals surface area (Å²) in [5, 5.41) is 6.76. The molecule has 0 amide bonds. The summed E-state index contributed by atoms with van der Waals surface area (Å²) in [6.07, 6.45) is 2.35. The van der Waals surface area contributed by atoms with Crippen LogP contribution in [0.4, 0.5) is 10.1 Å². The Labute approximate surface area is 95.2 Å². The van der Waals surface area contributed by atoms with E-state index in [9.17, 15) is 4.39 Å². The standard InChI is InChI=1S/C13H17FN2/c14-10-1-2-13-12(7-10)11(4-6-16-13)9-3-5-15-8-9/h1-2,7,9,11,15-16H,3-6,8H2. The van der Waals surface area contributed by atoms with Crippen LogP contribution in [0, 0.1) is 11.7 Å². The van der Waals surface area contributed by atoms with Crippen LogP contribution >= 0.6 is 0 Å². The second-order valence-corrected chi connectivity index (χ2v) is 4.81. The topological polar surface area (TPSA) is 24.1 Å². The van der Waals surface area contributed by atoms with Gasteiger partial charge >= 0.3 is 0 Å². The quantitative estimate of drug-likeness (QED) is 0.759. The molecule has 2 atom stereocenters. The minimum Gasteiger partial charge on any atom is -0.385 e. The second-order valence-electron chi connectivity index (χ2n) is 4.81. The number of hydrogen-bond donors (Lipinski definition) is 2. The fourth-order valence-corrected chi connectivity index (χ4v) is 3.03. The highest BCUT2D eigenvalue weighted by molar-refractivity contribution is 5.55. The monoisotopic (exact) mass is 220 g/mol. The molecule has 86 valence electrons. The van der Waals surface area contributed by atoms with Crippen LogP contribution in [-0.4, -0.2) is 19.6 Å². The molecule has 1 aromatic carbocycles. The van der Waals surface area contributed by atoms with E-state index >= 15 is 0 Å². The van der Waals surface area contributed by atoms with E-state index in [-0.39, 0.29) is 5.82 Å². The summed E-state index contributed by atoms with van der Waals surface area (Å²) >= 11 is 0. The van der Waals surface area contributed by atoms with Gasteiger partial charge in [0.15, 0.2) is 0 Å². The van der Waals surface area contributed by atoms with Crippen molar-refractivity contribution >= 4 is 5.69 Å². The zero-order valence-electron chi connectivity index (χ0n) is 9.30. The molecule has 2 N–H and O–H groups in total. The third-order valence-electron chi connectivity index (χ3n) is 3.85. The van der Waals surface area contributed by atoms with Crippen molar-refractivity contribution in [2.75, 3.05) is 25.0 Å². The van der Waals surface area contributed by atoms with Gasteiger partial charge in [0, 0.05) is 12.2 Å². The number of fused-ring (bicyclic) bond motifs is 1. The van der Waals surface area contributed by atoms with Crippen LogP contribution in [0.3, 0.4) is 0 Å². The number of nitrogens with one attached hydrogen (secondary N) is 2. The molecule has 2 nitrogen and oxygen atoms in total. The summed E-state index contributed by atoms with van der Waals surface area (Å²) in [5.74, 6) is 1.10. The summed E-state index contributed by atoms with van der Waals surface area (Å²) in [7, 11) is 0. The van der Waals surface area contributed by atoms with Crippen molar-refractivity contribution in [2.45, 2.75) is 18.8 Å². The molecule has 0 saturated carbocycles. The van der Waals surface area contributed by atoms with E-state index < -0.39 is 0 Å². The van der Waals surface area contributed by atoms with Crippen molar-refractivity contribution in [3.63, 3.8) is 0 Å². The van der Waals surface area contributed by atoms with Gasteiger partial charge in [-0.3, -0.25) is 0 Å². The molecule has 2 aliphatic rings. The van der Waals surface area contributed by atoms with Crippen LogP contribution in [0.1, 0.15) is 24.3 Å². The van der Waals surface area contributed by atoms with Crippen LogP contribution in [0.25, 0.3) is 0 Å². The van der Waals surface area contributed by atoms with E-state index in [0.29, 0.717) is 11.8 Å². The molecular formula is C13H17FN2. The van der Waals surface area contributed by atoms with Crippen molar-refractivity contribution in [3.05, 3.63) is 29.6 Å². The number of rotatable bonds is 1. The highest BCUT2D eigenvalue weighted by atomic mass is 19.1. The van der Waals surface area contributed by atoms with Gasteiger partial charge < -0.3 is 10.6 Å². The number of halogens is 1. The maximum atomic E-state index is 13.3. The molecule has 0 aromatic heterocycles. The first-order valence-corrected chi connectivity index (χ1v) is 6.08. The van der Waals surface area contributed by atoms with Crippen molar-refractivity contribution in [3.8, 4) is 0 Å². The van der Waals surface area contributed by atoms with E-state index in [0.717, 1.165) is 31.7 Å². The Balaban J connectivity index is 1.94. The van der Waals surface area contributed by atoms with Gasteiger partial charge in [-0.25, -0.2) is 4.39 Å². The molecule has 1 saturated heterocycles. The summed E-state index contributed by atoms with van der Waals surface area (Å²) in [6, 6.07) is 5.13. The van der Waals surface area contributed by atoms with Crippen LogP contribution in [0.5, 0.6) is 0 Å². The summed E-state index contributed by atoms with van der Waals surface area (Å²) in [6.45, 7) is 3.21. The molecule has 0 bridgehead atoms. The van der Waals surface area contributed by atoms with E-state index in [1.807, 2.05) is 6.07 Å². The van der Waals surface area contributed by atoms with Crippen LogP contribution in [0.2, 0.25) is 0 Å². The predicted octanol–water partition coefficient (Wildman–Crippen LogP) is 2.33. The normalized spacial score (nSPS) is 28.6. The Morgan fingerprint density at radius 2 is 2.12 bits per heavy atom. The Morgan fingerprint density at radius 1 is 1.19 bits per heavy atom. The van der Waals surface area contributed by atoms with Gasteiger partial charge in [-0.15, -0.1) is 0 Å². The smallest absolute Gasteiger partial charge is 0.123 e. The van der Waals surface area contributed by atoms with Crippen LogP contribution in [0.15, 0.2) is 18.2 Å². The first-order chi connectivity index (χ1) is 7.84. The SMILES string of the molecule is Fc1ccc2c(c1)C(C1CCNC1)CCN2. The molecule has 2 aliphatic heterocycles. The van der Waals surface area contributed by atoms with E-state index in [1.54, 1.807) is 12.1 Å². The molecule has 0 aliphatic carbocycles. The minimum absolute atomic E-state index is 0.113. The number of hydrogen-bond acceptors (Lipinski definition) is 2. The average Bonchev–Trinajstić information content (AvgIpc) is 2.81. The molecule has 2 unspecified atom stereocenters. The van der Waals surface area contributed by atoms with Gasteiger partial charge in [0.05, 0.1) is 0 Å². The third kappa shape index (κ3) is 1.69. The summed E-state index contributed by atoms with van der Waals surface area (Å²) < 4.78 is 13.3. The maximum Gasteiger partial charge on any atom is 0.123 e. The molecule has 3 heteroatoms. The largest absolute Gasteiger partial charge is 0.385 e. The zero-order chi connectivity index (χ0) is 11.0. The predicted molar refractivity (Wildman–Crippen MR) is 63.2 cm³/mol. The average molecular weight is 220 g/mol. The van der Waals surface area contributed by atoms with E-state index in [2.05, 4.69) is 10.6 Å². The lowest BCUT2D eigenvalue weighted by Crippen LogP contribution is -2.24. The fraction of sp³-hybridized carbons (Fsp3) is 0.538. The van der Waals surface area contributed by atoms with Gasteiger partial charge in [0.25, 0.3) is 0 Å². The Kier molecular flexibility index (Phi) is 2.56. The lowest BCUT2D eigenvalue weighted by atomic mass is 9.80. The molecule has 0 radical (unpaired) electrons. The van der Waals surface area contributed by atoms with Crippen molar-refractivity contribution in [1.82, 2.24) is 5.32 Å². The Hall–Kier alpha value is -1.09. The molecule has 1 fully saturated rings. The molecule has 1 aromatic rings. The van der Waals surface area contributed by atoms with Gasteiger partial charge in [0.2, 0.25) is 0 Å². The van der Waals surface area contributed by atoms with Crippen molar-refractivity contribution < 1.29 is 4.39 Å². The molecule has 16 heavy (non-hydrogen) atoms. The van der Waals surface area contributed by atoms with Gasteiger partial charge in [-0.2, -0.15) is 0 Å². The first-order valence-electron chi connectivity index (χ1n) is 6.08. The zero-order valence-corrected chi connectivity index (χ0v) is 9.30. The molecule has 0 spiro atoms. The Morgan fingerprint density at radius 3 is 2.94 bits per heavy atom. The van der Waals surface area contributed by atoms with Crippen LogP contribution < -0.4 is 10.6 Å². The highest BCUT2D eigenvalue weighted by Gasteiger charge is 2.29. The van der Waals surface area contributed by atoms with Crippen molar-refractivity contribution in [2.24, 2.45) is 5.92 Å². The Bertz CT molecular complexity index is 386. The van der Waals surface area contributed by atoms with E-state index in [1.165, 1.54) is 12.0 Å². The third-order valence-corrected chi connectivity index (χ3v) is 3.85. The molecule has 2 heterocycles. The van der Waals surface area contributed by atoms with E-state index in [4.69, 9.17) is 0 Å². The highest BCUT2D eigenvalue weighted by Crippen LogP contribution is 2.39. The van der Waals surface area contributed by atoms with Crippen molar-refractivity contribution in [1.29, 1.82) is 0 Å². The molecular weight excluding hydrogens is 203 g/mol. The second kappa shape index (κ2) is 4.06. The number of anilines is 1. The summed E-state index contributed by atoms with van der Waals surface area (Å²) in [5.41, 5.74) is 2.31. The van der Waals surface area contributed by atoms with Crippen LogP contribution in [-0.2, 0) is 0 Å². The fourth-order valence-electron chi connectivity index (χ4n) is 3.03. The molecule has 3 rings (SSSR count). The maximum absolute atomic E-state index is 13.3. The van der Waals surface area contributed by atoms with Gasteiger partial charge in [-0.1, -0.05) is 0 Å². The lowest BCUT2D eigenvalue weighted by molar-refractivity contribution is 0.432. The lowest BCUT2D eigenvalue weighted by Gasteiger charge is -2.30. The number of benzene rings is 1. The van der Waals surface area contributed by atoms with Gasteiger partial charge in [-0.05, 0) is 61.5 Å². The summed E-state index contributed by atoms with van der Waals surface area (Å²) in [4.78, 5) is 0. The first kappa shape index (κ1) is 10.1.